The van der Waals surface area contributed by atoms with Crippen LogP contribution in [0, 0.1) is 5.82 Å². The van der Waals surface area contributed by atoms with Crippen LogP contribution in [-0.2, 0) is 11.3 Å². The first-order chi connectivity index (χ1) is 20.3. The van der Waals surface area contributed by atoms with E-state index in [0.717, 1.165) is 48.5 Å². The van der Waals surface area contributed by atoms with Gasteiger partial charge in [-0.2, -0.15) is 0 Å². The second-order valence-corrected chi connectivity index (χ2v) is 10.6. The fraction of sp³-hybridized carbons (Fsp3) is 0.419. The van der Waals surface area contributed by atoms with Crippen molar-refractivity contribution in [3.8, 4) is 0 Å². The van der Waals surface area contributed by atoms with E-state index in [1.54, 1.807) is 11.8 Å². The van der Waals surface area contributed by atoms with Crippen LogP contribution in [0.3, 0.4) is 0 Å². The van der Waals surface area contributed by atoms with Gasteiger partial charge in [-0.1, -0.05) is 24.3 Å². The molecule has 0 radical (unpaired) electrons. The van der Waals surface area contributed by atoms with Crippen molar-refractivity contribution in [2.75, 3.05) is 43.0 Å². The zero-order chi connectivity index (χ0) is 29.8. The number of carbonyl (C=O) groups is 1. The van der Waals surface area contributed by atoms with E-state index in [9.17, 15) is 14.0 Å². The highest BCUT2D eigenvalue weighted by atomic mass is 19.1. The van der Waals surface area contributed by atoms with Crippen molar-refractivity contribution in [1.82, 2.24) is 24.0 Å². The van der Waals surface area contributed by atoms with Crippen molar-refractivity contribution in [3.05, 3.63) is 82.5 Å². The number of piperidine rings is 1. The molecule has 4 aromatic rings. The smallest absolute Gasteiger partial charge is 0.411 e. The Morgan fingerprint density at radius 3 is 2.45 bits per heavy atom. The van der Waals surface area contributed by atoms with E-state index in [0.29, 0.717) is 25.6 Å². The van der Waals surface area contributed by atoms with Crippen molar-refractivity contribution in [2.45, 2.75) is 52.4 Å². The number of benzene rings is 2. The number of hydrogen-bond acceptors (Lipinski definition) is 7. The van der Waals surface area contributed by atoms with E-state index in [2.05, 4.69) is 20.5 Å². The zero-order valence-corrected chi connectivity index (χ0v) is 24.6. The normalized spacial score (nSPS) is 14.6. The molecule has 42 heavy (non-hydrogen) atoms. The third-order valence-electron chi connectivity index (χ3n) is 8.02. The summed E-state index contributed by atoms with van der Waals surface area (Å²) >= 11 is 0. The third kappa shape index (κ3) is 5.95. The number of ether oxygens (including phenoxy) is 1. The maximum Gasteiger partial charge on any atom is 0.411 e. The predicted molar refractivity (Wildman–Crippen MR) is 161 cm³/mol. The fourth-order valence-electron chi connectivity index (χ4n) is 5.62. The summed E-state index contributed by atoms with van der Waals surface area (Å²) in [6.45, 7) is 8.59. The van der Waals surface area contributed by atoms with Crippen molar-refractivity contribution >= 4 is 29.0 Å². The second kappa shape index (κ2) is 12.6. The van der Waals surface area contributed by atoms with Gasteiger partial charge in [0.15, 0.2) is 6.23 Å². The van der Waals surface area contributed by atoms with Gasteiger partial charge in [0.25, 0.3) is 5.56 Å². The SMILES string of the molecule is CCN(CC)C(=O)OC(C)n1c(N(C)C2CCN(c3nc4ccccc4n3Cc3ccc(F)cc3)CC2)nccc1=O. The Labute approximate surface area is 245 Å². The van der Waals surface area contributed by atoms with Crippen LogP contribution in [0.15, 0.2) is 65.6 Å². The van der Waals surface area contributed by atoms with Crippen LogP contribution in [0.1, 0.15) is 45.4 Å². The average molecular weight is 576 g/mol. The van der Waals surface area contributed by atoms with Gasteiger partial charge in [0.05, 0.1) is 17.6 Å². The summed E-state index contributed by atoms with van der Waals surface area (Å²) in [6, 6.07) is 16.1. The van der Waals surface area contributed by atoms with Gasteiger partial charge in [-0.05, 0) is 63.4 Å². The van der Waals surface area contributed by atoms with Crippen LogP contribution in [0.4, 0.5) is 21.1 Å². The van der Waals surface area contributed by atoms with Gasteiger partial charge < -0.3 is 24.0 Å². The number of carbonyl (C=O) groups excluding carboxylic acids is 1. The largest absolute Gasteiger partial charge is 0.425 e. The molecule has 1 aliphatic rings. The number of halogens is 1. The molecule has 2 aromatic heterocycles. The molecular formula is C31H38FN7O3. The number of nitrogens with zero attached hydrogens (tertiary/aromatic N) is 7. The van der Waals surface area contributed by atoms with E-state index >= 15 is 0 Å². The summed E-state index contributed by atoms with van der Waals surface area (Å²) in [4.78, 5) is 40.9. The van der Waals surface area contributed by atoms with Crippen LogP contribution < -0.4 is 15.4 Å². The molecule has 3 heterocycles. The van der Waals surface area contributed by atoms with E-state index in [1.807, 2.05) is 56.1 Å². The van der Waals surface area contributed by atoms with Crippen molar-refractivity contribution in [2.24, 2.45) is 0 Å². The van der Waals surface area contributed by atoms with Gasteiger partial charge in [-0.3, -0.25) is 4.79 Å². The summed E-state index contributed by atoms with van der Waals surface area (Å²) in [5, 5.41) is 0. The average Bonchev–Trinajstić information content (AvgIpc) is 3.36. The highest BCUT2D eigenvalue weighted by molar-refractivity contribution is 5.79. The van der Waals surface area contributed by atoms with E-state index in [-0.39, 0.29) is 17.4 Å². The maximum atomic E-state index is 13.5. The molecule has 0 N–H and O–H groups in total. The maximum absolute atomic E-state index is 13.5. The molecule has 0 bridgehead atoms. The molecule has 5 rings (SSSR count). The lowest BCUT2D eigenvalue weighted by molar-refractivity contribution is 0.0388. The fourth-order valence-corrected chi connectivity index (χ4v) is 5.62. The predicted octanol–water partition coefficient (Wildman–Crippen LogP) is 4.88. The van der Waals surface area contributed by atoms with E-state index in [4.69, 9.17) is 9.72 Å². The molecule has 10 nitrogen and oxygen atoms in total. The summed E-state index contributed by atoms with van der Waals surface area (Å²) < 4.78 is 22.8. The van der Waals surface area contributed by atoms with Crippen molar-refractivity contribution in [3.63, 3.8) is 0 Å². The van der Waals surface area contributed by atoms with Gasteiger partial charge >= 0.3 is 6.09 Å². The van der Waals surface area contributed by atoms with Crippen LogP contribution in [-0.4, -0.2) is 69.4 Å². The van der Waals surface area contributed by atoms with Crippen LogP contribution >= 0.6 is 0 Å². The lowest BCUT2D eigenvalue weighted by Gasteiger charge is -2.38. The van der Waals surface area contributed by atoms with Crippen molar-refractivity contribution in [1.29, 1.82) is 0 Å². The second-order valence-electron chi connectivity index (χ2n) is 10.6. The topological polar surface area (TPSA) is 88.7 Å². The monoisotopic (exact) mass is 575 g/mol. The number of fused-ring (bicyclic) bond motifs is 1. The van der Waals surface area contributed by atoms with Gasteiger partial charge in [0.1, 0.15) is 5.82 Å². The van der Waals surface area contributed by atoms with Gasteiger partial charge in [-0.25, -0.2) is 23.7 Å². The zero-order valence-electron chi connectivity index (χ0n) is 24.6. The number of para-hydroxylation sites is 2. The lowest BCUT2D eigenvalue weighted by Crippen LogP contribution is -2.46. The molecule has 1 unspecified atom stereocenters. The molecule has 1 atom stereocenters. The molecule has 222 valence electrons. The molecule has 1 amide bonds. The number of amides is 1. The van der Waals surface area contributed by atoms with Gasteiger partial charge in [-0.15, -0.1) is 0 Å². The molecule has 0 spiro atoms. The number of aromatic nitrogens is 4. The molecule has 0 aliphatic carbocycles. The molecule has 2 aromatic carbocycles. The molecular weight excluding hydrogens is 537 g/mol. The standard InChI is InChI=1S/C31H38FN7O3/c1-5-36(6-2)31(41)42-22(3)39-28(40)15-18-33-29(39)35(4)25-16-19-37(20-17-25)30-34-26-9-7-8-10-27(26)38(30)21-23-11-13-24(32)14-12-23/h7-15,18,22,25H,5-6,16-17,19-21H2,1-4H3. The first-order valence-electron chi connectivity index (χ1n) is 14.5. The summed E-state index contributed by atoms with van der Waals surface area (Å²) in [5.74, 6) is 1.09. The first kappa shape index (κ1) is 29.1. The van der Waals surface area contributed by atoms with E-state index in [1.165, 1.54) is 29.0 Å². The minimum Gasteiger partial charge on any atom is -0.425 e. The quantitative estimate of drug-likeness (QED) is 0.281. The van der Waals surface area contributed by atoms with Crippen LogP contribution in [0.5, 0.6) is 0 Å². The molecule has 1 fully saturated rings. The number of rotatable bonds is 9. The molecule has 11 heteroatoms. The Morgan fingerprint density at radius 1 is 1.07 bits per heavy atom. The minimum atomic E-state index is -0.816. The summed E-state index contributed by atoms with van der Waals surface area (Å²) in [7, 11) is 1.93. The van der Waals surface area contributed by atoms with Gasteiger partial charge in [0, 0.05) is 51.5 Å². The number of anilines is 2. The van der Waals surface area contributed by atoms with E-state index < -0.39 is 12.3 Å². The summed E-state index contributed by atoms with van der Waals surface area (Å²) in [5.41, 5.74) is 2.67. The number of hydrogen-bond donors (Lipinski definition) is 0. The molecule has 0 saturated carbocycles. The summed E-state index contributed by atoms with van der Waals surface area (Å²) in [6.07, 6.45) is 1.84. The number of imidazole rings is 1. The Kier molecular flexibility index (Phi) is 8.75. The highest BCUT2D eigenvalue weighted by Gasteiger charge is 2.29. The van der Waals surface area contributed by atoms with Crippen LogP contribution in [0.25, 0.3) is 11.0 Å². The van der Waals surface area contributed by atoms with Crippen molar-refractivity contribution < 1.29 is 13.9 Å². The molecule has 1 aliphatic heterocycles. The minimum absolute atomic E-state index is 0.113. The highest BCUT2D eigenvalue weighted by Crippen LogP contribution is 2.29. The molecule has 1 saturated heterocycles. The Bertz CT molecular complexity index is 1570. The third-order valence-corrected chi connectivity index (χ3v) is 8.02. The van der Waals surface area contributed by atoms with Gasteiger partial charge in [0.2, 0.25) is 11.9 Å². The Balaban J connectivity index is 1.34. The Hall–Kier alpha value is -4.41. The Morgan fingerprint density at radius 2 is 1.76 bits per heavy atom. The lowest BCUT2D eigenvalue weighted by atomic mass is 10.0. The van der Waals surface area contributed by atoms with Crippen LogP contribution in [0.2, 0.25) is 0 Å². The first-order valence-corrected chi connectivity index (χ1v) is 14.5.